The zero-order valence-electron chi connectivity index (χ0n) is 7.47. The third-order valence-corrected chi connectivity index (χ3v) is 1.44. The van der Waals surface area contributed by atoms with Gasteiger partial charge >= 0.3 is 0 Å². The van der Waals surface area contributed by atoms with Gasteiger partial charge in [-0.15, -0.1) is 0 Å². The van der Waals surface area contributed by atoms with Crippen molar-refractivity contribution in [3.8, 4) is 0 Å². The zero-order chi connectivity index (χ0) is 8.36. The van der Waals surface area contributed by atoms with E-state index in [4.69, 9.17) is 5.73 Å². The van der Waals surface area contributed by atoms with E-state index in [1.165, 1.54) is 12.8 Å². The topological polar surface area (TPSA) is 38.0 Å². The third kappa shape index (κ3) is 9.66. The fourth-order valence-corrected chi connectivity index (χ4v) is 0.780. The molecule has 2 nitrogen and oxygen atoms in total. The van der Waals surface area contributed by atoms with Crippen molar-refractivity contribution in [2.24, 2.45) is 5.73 Å². The number of rotatable bonds is 7. The van der Waals surface area contributed by atoms with Crippen molar-refractivity contribution in [2.75, 3.05) is 19.6 Å². The molecule has 0 amide bonds. The van der Waals surface area contributed by atoms with Gasteiger partial charge in [-0.3, -0.25) is 0 Å². The molecule has 0 bridgehead atoms. The first-order chi connectivity index (χ1) is 5.41. The normalized spacial score (nSPS) is 11.1. The van der Waals surface area contributed by atoms with Gasteiger partial charge < -0.3 is 11.1 Å². The Kier molecular flexibility index (Phi) is 9.36. The van der Waals surface area contributed by atoms with Crippen LogP contribution < -0.4 is 11.1 Å². The van der Waals surface area contributed by atoms with E-state index in [1.807, 2.05) is 0 Å². The summed E-state index contributed by atoms with van der Waals surface area (Å²) < 4.78 is 0. The summed E-state index contributed by atoms with van der Waals surface area (Å²) in [7, 11) is 0. The van der Waals surface area contributed by atoms with E-state index in [1.54, 1.807) is 0 Å². The fourth-order valence-electron chi connectivity index (χ4n) is 0.780. The minimum absolute atomic E-state index is 0.783. The molecule has 0 aromatic carbocycles. The second-order valence-electron chi connectivity index (χ2n) is 2.61. The van der Waals surface area contributed by atoms with Crippen LogP contribution in [-0.2, 0) is 0 Å². The molecule has 2 heteroatoms. The maximum absolute atomic E-state index is 5.33. The van der Waals surface area contributed by atoms with Crippen LogP contribution >= 0.6 is 0 Å². The van der Waals surface area contributed by atoms with Gasteiger partial charge in [-0.2, -0.15) is 0 Å². The molecule has 0 fully saturated rings. The summed E-state index contributed by atoms with van der Waals surface area (Å²) in [5.74, 6) is 0. The van der Waals surface area contributed by atoms with E-state index in [0.29, 0.717) is 0 Å². The molecule has 0 saturated heterocycles. The number of hydrogen-bond acceptors (Lipinski definition) is 2. The zero-order valence-corrected chi connectivity index (χ0v) is 7.47. The van der Waals surface area contributed by atoms with Crippen LogP contribution in [0.2, 0.25) is 0 Å². The Balaban J connectivity index is 2.89. The average molecular weight is 156 g/mol. The Morgan fingerprint density at radius 1 is 1.36 bits per heavy atom. The van der Waals surface area contributed by atoms with Gasteiger partial charge in [0, 0.05) is 6.54 Å². The largest absolute Gasteiger partial charge is 0.330 e. The first-order valence-electron chi connectivity index (χ1n) is 4.47. The standard InChI is InChI=1S/C9H20N2/c1-2-3-4-5-8-11-9-6-7-10/h4-5,11H,2-3,6-10H2,1H3. The number of unbranched alkanes of at least 4 members (excludes halogenated alkanes) is 1. The second-order valence-corrected chi connectivity index (χ2v) is 2.61. The maximum Gasteiger partial charge on any atom is 0.0134 e. The minimum atomic E-state index is 0.783. The van der Waals surface area contributed by atoms with Gasteiger partial charge in [0.25, 0.3) is 0 Å². The predicted octanol–water partition coefficient (Wildman–Crippen LogP) is 1.28. The van der Waals surface area contributed by atoms with Crippen molar-refractivity contribution in [2.45, 2.75) is 26.2 Å². The summed E-state index contributed by atoms with van der Waals surface area (Å²) in [5.41, 5.74) is 5.33. The van der Waals surface area contributed by atoms with E-state index in [9.17, 15) is 0 Å². The number of hydrogen-bond donors (Lipinski definition) is 2. The Labute approximate surface area is 69.9 Å². The van der Waals surface area contributed by atoms with E-state index in [-0.39, 0.29) is 0 Å². The molecular formula is C9H20N2. The Bertz CT molecular complexity index is 89.6. The van der Waals surface area contributed by atoms with Crippen LogP contribution in [0, 0.1) is 0 Å². The van der Waals surface area contributed by atoms with Crippen LogP contribution in [0.25, 0.3) is 0 Å². The molecule has 0 aliphatic carbocycles. The smallest absolute Gasteiger partial charge is 0.0134 e. The van der Waals surface area contributed by atoms with Crippen LogP contribution in [0.1, 0.15) is 26.2 Å². The highest BCUT2D eigenvalue weighted by Gasteiger charge is 1.80. The molecule has 3 N–H and O–H groups in total. The van der Waals surface area contributed by atoms with Gasteiger partial charge in [-0.05, 0) is 25.9 Å². The van der Waals surface area contributed by atoms with Gasteiger partial charge in [0.2, 0.25) is 0 Å². The predicted molar refractivity (Wildman–Crippen MR) is 50.6 cm³/mol. The first kappa shape index (κ1) is 10.7. The summed E-state index contributed by atoms with van der Waals surface area (Å²) in [6, 6.07) is 0. The van der Waals surface area contributed by atoms with Crippen LogP contribution in [0.3, 0.4) is 0 Å². The van der Waals surface area contributed by atoms with Gasteiger partial charge in [-0.1, -0.05) is 25.5 Å². The summed E-state index contributed by atoms with van der Waals surface area (Å²) in [6.45, 7) is 4.99. The van der Waals surface area contributed by atoms with E-state index >= 15 is 0 Å². The molecule has 0 radical (unpaired) electrons. The van der Waals surface area contributed by atoms with Crippen LogP contribution in [0.15, 0.2) is 12.2 Å². The molecule has 0 spiro atoms. The first-order valence-corrected chi connectivity index (χ1v) is 4.47. The Morgan fingerprint density at radius 3 is 2.82 bits per heavy atom. The van der Waals surface area contributed by atoms with E-state index in [2.05, 4.69) is 24.4 Å². The van der Waals surface area contributed by atoms with Crippen molar-refractivity contribution in [1.29, 1.82) is 0 Å². The lowest BCUT2D eigenvalue weighted by Gasteiger charge is -1.97. The highest BCUT2D eigenvalue weighted by atomic mass is 14.8. The summed E-state index contributed by atoms with van der Waals surface area (Å²) >= 11 is 0. The molecule has 66 valence electrons. The van der Waals surface area contributed by atoms with Crippen molar-refractivity contribution in [3.05, 3.63) is 12.2 Å². The summed E-state index contributed by atoms with van der Waals surface area (Å²) in [6.07, 6.45) is 7.90. The molecule has 0 heterocycles. The molecule has 0 aromatic rings. The van der Waals surface area contributed by atoms with Crippen LogP contribution in [0.4, 0.5) is 0 Å². The lowest BCUT2D eigenvalue weighted by Crippen LogP contribution is -2.17. The minimum Gasteiger partial charge on any atom is -0.330 e. The molecule has 0 aliphatic rings. The van der Waals surface area contributed by atoms with Gasteiger partial charge in [0.05, 0.1) is 0 Å². The van der Waals surface area contributed by atoms with Gasteiger partial charge in [-0.25, -0.2) is 0 Å². The molecule has 0 rings (SSSR count). The quantitative estimate of drug-likeness (QED) is 0.430. The number of nitrogens with one attached hydrogen (secondary N) is 1. The lowest BCUT2D eigenvalue weighted by atomic mass is 10.3. The van der Waals surface area contributed by atoms with Crippen molar-refractivity contribution < 1.29 is 0 Å². The van der Waals surface area contributed by atoms with Crippen molar-refractivity contribution in [1.82, 2.24) is 5.32 Å². The molecular weight excluding hydrogens is 136 g/mol. The Morgan fingerprint density at radius 2 is 2.18 bits per heavy atom. The van der Waals surface area contributed by atoms with Gasteiger partial charge in [0.15, 0.2) is 0 Å². The monoisotopic (exact) mass is 156 g/mol. The molecule has 0 unspecified atom stereocenters. The van der Waals surface area contributed by atoms with Crippen molar-refractivity contribution in [3.63, 3.8) is 0 Å². The highest BCUT2D eigenvalue weighted by Crippen LogP contribution is 1.86. The van der Waals surface area contributed by atoms with E-state index < -0.39 is 0 Å². The molecule has 0 aromatic heterocycles. The lowest BCUT2D eigenvalue weighted by molar-refractivity contribution is 0.699. The molecule has 0 aliphatic heterocycles. The Hall–Kier alpha value is -0.340. The molecule has 11 heavy (non-hydrogen) atoms. The summed E-state index contributed by atoms with van der Waals surface area (Å²) in [5, 5.41) is 3.28. The second kappa shape index (κ2) is 9.66. The van der Waals surface area contributed by atoms with Crippen molar-refractivity contribution >= 4 is 0 Å². The van der Waals surface area contributed by atoms with Crippen LogP contribution in [-0.4, -0.2) is 19.6 Å². The summed E-state index contributed by atoms with van der Waals surface area (Å²) in [4.78, 5) is 0. The average Bonchev–Trinajstić information content (AvgIpc) is 2.03. The van der Waals surface area contributed by atoms with Gasteiger partial charge in [0.1, 0.15) is 0 Å². The van der Waals surface area contributed by atoms with E-state index in [0.717, 1.165) is 26.1 Å². The number of allylic oxidation sites excluding steroid dienone is 1. The molecule has 0 saturated carbocycles. The highest BCUT2D eigenvalue weighted by molar-refractivity contribution is 4.82. The molecule has 0 atom stereocenters. The number of nitrogens with two attached hydrogens (primary N) is 1. The fraction of sp³-hybridized carbons (Fsp3) is 0.778. The third-order valence-electron chi connectivity index (χ3n) is 1.44. The van der Waals surface area contributed by atoms with Crippen LogP contribution in [0.5, 0.6) is 0 Å². The SMILES string of the molecule is CCCC=CCNCCCN. The maximum atomic E-state index is 5.33.